The van der Waals surface area contributed by atoms with Gasteiger partial charge in [-0.1, -0.05) is 6.92 Å². The van der Waals surface area contributed by atoms with Crippen LogP contribution in [0.4, 0.5) is 0 Å². The van der Waals surface area contributed by atoms with Gasteiger partial charge in [0.2, 0.25) is 0 Å². The Bertz CT molecular complexity index is 694. The average molecular weight is 336 g/mol. The summed E-state index contributed by atoms with van der Waals surface area (Å²) in [5.41, 5.74) is 0. The highest BCUT2D eigenvalue weighted by Crippen LogP contribution is 2.29. The Morgan fingerprint density at radius 3 is 2.70 bits per heavy atom. The topological polar surface area (TPSA) is 74.1 Å². The Labute approximate surface area is 125 Å². The zero-order chi connectivity index (χ0) is 14.8. The number of ether oxygens (including phenoxy) is 1. The van der Waals surface area contributed by atoms with E-state index >= 15 is 0 Å². The van der Waals surface area contributed by atoms with E-state index in [-0.39, 0.29) is 5.16 Å². The van der Waals surface area contributed by atoms with E-state index in [4.69, 9.17) is 15.4 Å². The van der Waals surface area contributed by atoms with Crippen molar-refractivity contribution in [2.45, 2.75) is 25.0 Å². The summed E-state index contributed by atoms with van der Waals surface area (Å²) in [6.07, 6.45) is 0.914. The van der Waals surface area contributed by atoms with Crippen LogP contribution in [0.15, 0.2) is 17.3 Å². The lowest BCUT2D eigenvalue weighted by Crippen LogP contribution is -2.11. The molecule has 0 saturated carbocycles. The molecule has 0 fully saturated rings. The lowest BCUT2D eigenvalue weighted by Gasteiger charge is -2.06. The predicted octanol–water partition coefficient (Wildman–Crippen LogP) is 2.14. The van der Waals surface area contributed by atoms with E-state index in [1.807, 2.05) is 12.1 Å². The molecule has 0 spiro atoms. The van der Waals surface area contributed by atoms with Crippen LogP contribution in [0.2, 0.25) is 0 Å². The number of thiophene rings is 1. The fourth-order valence-electron chi connectivity index (χ4n) is 1.72. The maximum Gasteiger partial charge on any atom is 0.296 e. The Balaban J connectivity index is 2.49. The van der Waals surface area contributed by atoms with Crippen molar-refractivity contribution >= 4 is 31.1 Å². The molecule has 2 heterocycles. The number of aromatic nitrogens is 3. The molecule has 2 rings (SSSR count). The molecule has 20 heavy (non-hydrogen) atoms. The van der Waals surface area contributed by atoms with Gasteiger partial charge in [0.25, 0.3) is 14.2 Å². The van der Waals surface area contributed by atoms with Crippen LogP contribution in [-0.4, -0.2) is 36.9 Å². The summed E-state index contributed by atoms with van der Waals surface area (Å²) in [5.74, 6) is 0.492. The molecule has 0 radical (unpaired) electrons. The molecule has 0 bridgehead atoms. The Hall–Kier alpha value is -0.960. The monoisotopic (exact) mass is 335 g/mol. The number of rotatable bonds is 6. The number of nitrogens with zero attached hydrogens (tertiary/aromatic N) is 3. The van der Waals surface area contributed by atoms with Crippen LogP contribution in [0, 0.1) is 0 Å². The second-order valence-corrected chi connectivity index (χ2v) is 7.64. The van der Waals surface area contributed by atoms with Gasteiger partial charge in [0.1, 0.15) is 0 Å². The molecule has 0 N–H and O–H groups in total. The molecular formula is C11H14ClN3O3S2. The smallest absolute Gasteiger partial charge is 0.296 e. The van der Waals surface area contributed by atoms with Gasteiger partial charge in [0.15, 0.2) is 5.82 Å². The van der Waals surface area contributed by atoms with Gasteiger partial charge < -0.3 is 4.74 Å². The fourth-order valence-corrected chi connectivity index (χ4v) is 3.59. The number of hydrogen-bond acceptors (Lipinski definition) is 6. The Morgan fingerprint density at radius 1 is 1.40 bits per heavy atom. The molecule has 2 aromatic heterocycles. The van der Waals surface area contributed by atoms with Crippen LogP contribution < -0.4 is 0 Å². The van der Waals surface area contributed by atoms with Gasteiger partial charge in [0, 0.05) is 22.7 Å². The lowest BCUT2D eigenvalue weighted by atomic mass is 10.3. The van der Waals surface area contributed by atoms with Gasteiger partial charge in [-0.3, -0.25) is 4.57 Å². The molecule has 0 amide bonds. The molecule has 9 heteroatoms. The molecule has 2 aromatic rings. The van der Waals surface area contributed by atoms with Crippen molar-refractivity contribution in [3.8, 4) is 10.7 Å². The standard InChI is InChI=1S/C11H14ClN3O3S2/c1-3-8-4-5-9(19-8)10-13-14-11(20(12,16)17)15(10)6-7-18-2/h4-5H,3,6-7H2,1-2H3. The van der Waals surface area contributed by atoms with Crippen molar-refractivity contribution < 1.29 is 13.2 Å². The van der Waals surface area contributed by atoms with Crippen molar-refractivity contribution in [1.29, 1.82) is 0 Å². The normalized spacial score (nSPS) is 11.9. The summed E-state index contributed by atoms with van der Waals surface area (Å²) in [4.78, 5) is 2.05. The number of aryl methyl sites for hydroxylation is 1. The van der Waals surface area contributed by atoms with Crippen LogP contribution in [0.25, 0.3) is 10.7 Å². The summed E-state index contributed by atoms with van der Waals surface area (Å²) in [6, 6.07) is 3.89. The highest BCUT2D eigenvalue weighted by atomic mass is 35.7. The van der Waals surface area contributed by atoms with Crippen LogP contribution in [-0.2, 0) is 26.8 Å². The van der Waals surface area contributed by atoms with Crippen LogP contribution in [0.3, 0.4) is 0 Å². The summed E-state index contributed by atoms with van der Waals surface area (Å²) in [7, 11) is 2.99. The van der Waals surface area contributed by atoms with Crippen molar-refractivity contribution in [3.05, 3.63) is 17.0 Å². The van der Waals surface area contributed by atoms with Crippen molar-refractivity contribution in [3.63, 3.8) is 0 Å². The minimum atomic E-state index is -3.94. The quantitative estimate of drug-likeness (QED) is 0.756. The number of methoxy groups -OCH3 is 1. The largest absolute Gasteiger partial charge is 0.383 e. The molecule has 0 aromatic carbocycles. The highest BCUT2D eigenvalue weighted by molar-refractivity contribution is 8.13. The average Bonchev–Trinajstić information content (AvgIpc) is 3.01. The van der Waals surface area contributed by atoms with Gasteiger partial charge in [-0.25, -0.2) is 8.42 Å². The van der Waals surface area contributed by atoms with E-state index < -0.39 is 9.05 Å². The predicted molar refractivity (Wildman–Crippen MR) is 77.6 cm³/mol. The second-order valence-electron chi connectivity index (χ2n) is 4.01. The highest BCUT2D eigenvalue weighted by Gasteiger charge is 2.23. The molecule has 0 saturated heterocycles. The third kappa shape index (κ3) is 3.20. The number of halogens is 1. The van der Waals surface area contributed by atoms with Crippen molar-refractivity contribution in [1.82, 2.24) is 14.8 Å². The van der Waals surface area contributed by atoms with E-state index in [0.717, 1.165) is 11.3 Å². The van der Waals surface area contributed by atoms with Gasteiger partial charge >= 0.3 is 0 Å². The Kier molecular flexibility index (Phi) is 4.79. The van der Waals surface area contributed by atoms with Crippen molar-refractivity contribution in [2.24, 2.45) is 0 Å². The van der Waals surface area contributed by atoms with Crippen LogP contribution in [0.1, 0.15) is 11.8 Å². The van der Waals surface area contributed by atoms with Gasteiger partial charge in [-0.2, -0.15) is 0 Å². The molecule has 0 unspecified atom stereocenters. The minimum absolute atomic E-state index is 0.252. The maximum absolute atomic E-state index is 11.5. The van der Waals surface area contributed by atoms with E-state index in [9.17, 15) is 8.42 Å². The second kappa shape index (κ2) is 6.21. The molecule has 0 aliphatic carbocycles. The van der Waals surface area contributed by atoms with E-state index in [1.54, 1.807) is 18.4 Å². The third-order valence-electron chi connectivity index (χ3n) is 2.68. The lowest BCUT2D eigenvalue weighted by molar-refractivity contribution is 0.185. The summed E-state index contributed by atoms with van der Waals surface area (Å²) in [6.45, 7) is 2.72. The van der Waals surface area contributed by atoms with E-state index in [0.29, 0.717) is 19.0 Å². The first-order valence-electron chi connectivity index (χ1n) is 5.93. The molecule has 110 valence electrons. The molecule has 0 aliphatic rings. The van der Waals surface area contributed by atoms with Gasteiger partial charge in [-0.15, -0.1) is 21.5 Å². The zero-order valence-corrected chi connectivity index (χ0v) is 13.4. The fraction of sp³-hybridized carbons (Fsp3) is 0.455. The van der Waals surface area contributed by atoms with Crippen LogP contribution >= 0.6 is 22.0 Å². The van der Waals surface area contributed by atoms with Gasteiger partial charge in [-0.05, 0) is 18.6 Å². The zero-order valence-electron chi connectivity index (χ0n) is 11.0. The molecule has 0 aliphatic heterocycles. The minimum Gasteiger partial charge on any atom is -0.383 e. The van der Waals surface area contributed by atoms with E-state index in [1.165, 1.54) is 9.44 Å². The molecule has 6 nitrogen and oxygen atoms in total. The summed E-state index contributed by atoms with van der Waals surface area (Å²) >= 11 is 1.56. The van der Waals surface area contributed by atoms with Crippen molar-refractivity contribution in [2.75, 3.05) is 13.7 Å². The van der Waals surface area contributed by atoms with E-state index in [2.05, 4.69) is 17.1 Å². The van der Waals surface area contributed by atoms with Gasteiger partial charge in [0.05, 0.1) is 18.0 Å². The number of hydrogen-bond donors (Lipinski definition) is 0. The maximum atomic E-state index is 11.5. The first-order chi connectivity index (χ1) is 9.47. The molecule has 0 atom stereocenters. The summed E-state index contributed by atoms with van der Waals surface area (Å²) in [5, 5.41) is 7.40. The SMILES string of the molecule is CCc1ccc(-c2nnc(S(=O)(=O)Cl)n2CCOC)s1. The first-order valence-corrected chi connectivity index (χ1v) is 9.05. The summed E-state index contributed by atoms with van der Waals surface area (Å²) < 4.78 is 29.5. The third-order valence-corrected chi connectivity index (χ3v) is 5.06. The Morgan fingerprint density at radius 2 is 2.15 bits per heavy atom. The van der Waals surface area contributed by atoms with Crippen LogP contribution in [0.5, 0.6) is 0 Å². The first kappa shape index (κ1) is 15.4. The molecular weight excluding hydrogens is 322 g/mol.